The molecule has 0 radical (unpaired) electrons. The van der Waals surface area contributed by atoms with Crippen LogP contribution in [0.5, 0.6) is 5.75 Å². The van der Waals surface area contributed by atoms with Crippen molar-refractivity contribution in [3.8, 4) is 5.75 Å². The minimum absolute atomic E-state index is 0.0303. The number of urea groups is 1. The number of ether oxygens (including phenoxy) is 1. The smallest absolute Gasteiger partial charge is 0.321 e. The van der Waals surface area contributed by atoms with Crippen LogP contribution in [0.2, 0.25) is 0 Å². The van der Waals surface area contributed by atoms with E-state index in [1.54, 1.807) is 12.1 Å². The average Bonchev–Trinajstić information content (AvgIpc) is 2.59. The Hall–Kier alpha value is -2.36. The Morgan fingerprint density at radius 2 is 1.89 bits per heavy atom. The zero-order chi connectivity index (χ0) is 20.5. The van der Waals surface area contributed by atoms with E-state index in [9.17, 15) is 9.59 Å². The number of hydrogen-bond acceptors (Lipinski definition) is 6. The molecule has 1 aliphatic heterocycles. The van der Waals surface area contributed by atoms with Crippen molar-refractivity contribution >= 4 is 17.6 Å². The number of anilines is 1. The molecule has 0 aromatic heterocycles. The van der Waals surface area contributed by atoms with E-state index in [2.05, 4.69) is 38.8 Å². The summed E-state index contributed by atoms with van der Waals surface area (Å²) in [5, 5.41) is 18.3. The van der Waals surface area contributed by atoms with Gasteiger partial charge in [0.05, 0.1) is 12.3 Å². The lowest BCUT2D eigenvalue weighted by atomic mass is 10.1. The number of rotatable bonds is 8. The van der Waals surface area contributed by atoms with Crippen molar-refractivity contribution in [2.45, 2.75) is 58.7 Å². The highest BCUT2D eigenvalue weighted by molar-refractivity contribution is 5.89. The molecule has 0 saturated carbocycles. The molecule has 0 aliphatic carbocycles. The van der Waals surface area contributed by atoms with Gasteiger partial charge in [-0.15, -0.1) is 0 Å². The number of nitrogens with one attached hydrogen (secondary N) is 6. The zero-order valence-corrected chi connectivity index (χ0v) is 17.0. The van der Waals surface area contributed by atoms with Gasteiger partial charge in [-0.2, -0.15) is 0 Å². The van der Waals surface area contributed by atoms with Gasteiger partial charge in [0.15, 0.2) is 0 Å². The van der Waals surface area contributed by atoms with Crippen LogP contribution in [0.1, 0.15) is 34.1 Å². The molecule has 3 atom stereocenters. The van der Waals surface area contributed by atoms with Gasteiger partial charge in [0.25, 0.3) is 0 Å². The maximum absolute atomic E-state index is 12.3. The molecule has 1 aliphatic rings. The predicted octanol–water partition coefficient (Wildman–Crippen LogP) is 0.902. The van der Waals surface area contributed by atoms with Crippen molar-refractivity contribution in [1.82, 2.24) is 26.6 Å². The van der Waals surface area contributed by atoms with Gasteiger partial charge < -0.3 is 26.0 Å². The van der Waals surface area contributed by atoms with E-state index in [1.165, 1.54) is 6.92 Å². The van der Waals surface area contributed by atoms with Gasteiger partial charge in [-0.3, -0.25) is 15.4 Å². The van der Waals surface area contributed by atoms with Crippen molar-refractivity contribution in [2.24, 2.45) is 0 Å². The second-order valence-corrected chi connectivity index (χ2v) is 7.18. The van der Waals surface area contributed by atoms with Crippen LogP contribution < -0.4 is 36.6 Å². The van der Waals surface area contributed by atoms with Crippen molar-refractivity contribution in [1.29, 1.82) is 0 Å². The molecule has 9 heteroatoms. The van der Waals surface area contributed by atoms with E-state index in [0.29, 0.717) is 18.8 Å². The number of carbonyl (C=O) groups is 2. The summed E-state index contributed by atoms with van der Waals surface area (Å²) in [6.45, 7) is 8.69. The van der Waals surface area contributed by atoms with Crippen LogP contribution in [-0.4, -0.2) is 49.6 Å². The third-order valence-corrected chi connectivity index (χ3v) is 4.06. The summed E-state index contributed by atoms with van der Waals surface area (Å²) >= 11 is 0. The third kappa shape index (κ3) is 8.12. The first-order chi connectivity index (χ1) is 13.3. The summed E-state index contributed by atoms with van der Waals surface area (Å²) < 4.78 is 5.59. The van der Waals surface area contributed by atoms with Gasteiger partial charge in [0.1, 0.15) is 12.0 Å². The summed E-state index contributed by atoms with van der Waals surface area (Å²) in [4.78, 5) is 23.2. The molecule has 1 aromatic rings. The van der Waals surface area contributed by atoms with E-state index >= 15 is 0 Å². The monoisotopic (exact) mass is 392 g/mol. The number of benzene rings is 1. The molecule has 1 saturated heterocycles. The SMILES string of the molecule is CC(=O)NCCNC1CC(C)NC(NC(=O)Nc2ccc(OC(C)C)cc2)N1. The van der Waals surface area contributed by atoms with E-state index in [0.717, 1.165) is 12.2 Å². The molecular formula is C19H32N6O3. The molecular weight excluding hydrogens is 360 g/mol. The highest BCUT2D eigenvalue weighted by Crippen LogP contribution is 2.16. The Labute approximate surface area is 166 Å². The fourth-order valence-electron chi connectivity index (χ4n) is 2.92. The van der Waals surface area contributed by atoms with Crippen molar-refractivity contribution < 1.29 is 14.3 Å². The summed E-state index contributed by atoms with van der Waals surface area (Å²) in [7, 11) is 0. The Balaban J connectivity index is 1.77. The summed E-state index contributed by atoms with van der Waals surface area (Å²) in [5.74, 6) is 0.715. The molecule has 1 heterocycles. The van der Waals surface area contributed by atoms with Crippen LogP contribution in [-0.2, 0) is 4.79 Å². The van der Waals surface area contributed by atoms with Gasteiger partial charge in [-0.1, -0.05) is 0 Å². The minimum atomic E-state index is -0.370. The highest BCUT2D eigenvalue weighted by atomic mass is 16.5. The molecule has 156 valence electrons. The van der Waals surface area contributed by atoms with Gasteiger partial charge in [0.2, 0.25) is 5.91 Å². The lowest BCUT2D eigenvalue weighted by Gasteiger charge is -2.36. The van der Waals surface area contributed by atoms with E-state index in [-0.39, 0.29) is 36.5 Å². The van der Waals surface area contributed by atoms with Gasteiger partial charge in [-0.05, 0) is 51.5 Å². The van der Waals surface area contributed by atoms with Crippen LogP contribution in [0, 0.1) is 0 Å². The first kappa shape index (κ1) is 21.9. The van der Waals surface area contributed by atoms with Crippen LogP contribution in [0.15, 0.2) is 24.3 Å². The Morgan fingerprint density at radius 3 is 2.54 bits per heavy atom. The van der Waals surface area contributed by atoms with E-state index < -0.39 is 0 Å². The predicted molar refractivity (Wildman–Crippen MR) is 109 cm³/mol. The van der Waals surface area contributed by atoms with Crippen molar-refractivity contribution in [2.75, 3.05) is 18.4 Å². The number of hydrogen-bond donors (Lipinski definition) is 6. The van der Waals surface area contributed by atoms with Gasteiger partial charge in [0, 0.05) is 31.7 Å². The molecule has 1 aromatic carbocycles. The molecule has 3 unspecified atom stereocenters. The van der Waals surface area contributed by atoms with Crippen LogP contribution in [0.3, 0.4) is 0 Å². The zero-order valence-electron chi connectivity index (χ0n) is 17.0. The maximum Gasteiger partial charge on any atom is 0.321 e. The molecule has 3 amide bonds. The van der Waals surface area contributed by atoms with Crippen LogP contribution >= 0.6 is 0 Å². The third-order valence-electron chi connectivity index (χ3n) is 4.06. The van der Waals surface area contributed by atoms with Crippen LogP contribution in [0.25, 0.3) is 0 Å². The van der Waals surface area contributed by atoms with Gasteiger partial charge in [-0.25, -0.2) is 4.79 Å². The average molecular weight is 393 g/mol. The molecule has 1 fully saturated rings. The molecule has 2 rings (SSSR count). The second-order valence-electron chi connectivity index (χ2n) is 7.18. The Morgan fingerprint density at radius 1 is 1.18 bits per heavy atom. The standard InChI is InChI=1S/C19H32N6O3/c1-12(2)28-16-7-5-15(6-8-16)23-19(27)25-18-22-13(3)11-17(24-18)21-10-9-20-14(4)26/h5-8,12-13,17-18,21-22,24H,9-11H2,1-4H3,(H,20,26)(H2,23,25,27). The lowest BCUT2D eigenvalue weighted by molar-refractivity contribution is -0.118. The van der Waals surface area contributed by atoms with E-state index in [1.807, 2.05) is 26.0 Å². The minimum Gasteiger partial charge on any atom is -0.491 e. The first-order valence-electron chi connectivity index (χ1n) is 9.66. The van der Waals surface area contributed by atoms with Gasteiger partial charge >= 0.3 is 6.03 Å². The lowest BCUT2D eigenvalue weighted by Crippen LogP contribution is -2.68. The van der Waals surface area contributed by atoms with E-state index in [4.69, 9.17) is 4.74 Å². The molecule has 6 N–H and O–H groups in total. The number of amides is 3. The first-order valence-corrected chi connectivity index (χ1v) is 9.66. The normalized spacial score (nSPS) is 21.8. The summed E-state index contributed by atoms with van der Waals surface area (Å²) in [5.41, 5.74) is 0.683. The molecule has 0 bridgehead atoms. The quantitative estimate of drug-likeness (QED) is 0.366. The largest absolute Gasteiger partial charge is 0.491 e. The fourth-order valence-corrected chi connectivity index (χ4v) is 2.92. The summed E-state index contributed by atoms with van der Waals surface area (Å²) in [6, 6.07) is 7.15. The molecule has 9 nitrogen and oxygen atoms in total. The van der Waals surface area contributed by atoms with Crippen LogP contribution in [0.4, 0.5) is 10.5 Å². The number of carbonyl (C=O) groups excluding carboxylic acids is 2. The Bertz CT molecular complexity index is 637. The Kier molecular flexibility index (Phi) is 8.49. The summed E-state index contributed by atoms with van der Waals surface area (Å²) in [6.07, 6.45) is 0.623. The fraction of sp³-hybridized carbons (Fsp3) is 0.579. The molecule has 0 spiro atoms. The topological polar surface area (TPSA) is 116 Å². The maximum atomic E-state index is 12.3. The molecule has 28 heavy (non-hydrogen) atoms. The van der Waals surface area contributed by atoms with Crippen molar-refractivity contribution in [3.05, 3.63) is 24.3 Å². The van der Waals surface area contributed by atoms with Crippen molar-refractivity contribution in [3.63, 3.8) is 0 Å². The highest BCUT2D eigenvalue weighted by Gasteiger charge is 2.25. The second kappa shape index (κ2) is 10.8.